The normalized spacial score (nSPS) is 28.9. The lowest BCUT2D eigenvalue weighted by molar-refractivity contribution is 0.243. The van der Waals surface area contributed by atoms with Crippen LogP contribution in [0.25, 0.3) is 0 Å². The van der Waals surface area contributed by atoms with Gasteiger partial charge in [-0.2, -0.15) is 0 Å². The molecule has 2 aliphatic rings. The molecule has 2 nitrogen and oxygen atoms in total. The quantitative estimate of drug-likeness (QED) is 0.752. The largest absolute Gasteiger partial charge is 0.353 e. The summed E-state index contributed by atoms with van der Waals surface area (Å²) in [5, 5.41) is 0.728. The molecular formula is C14H19ClN2. The molecule has 1 aliphatic carbocycles. The number of pyridine rings is 1. The third-order valence-corrected chi connectivity index (χ3v) is 4.47. The van der Waals surface area contributed by atoms with E-state index in [1.807, 2.05) is 6.07 Å². The average Bonchev–Trinajstić information content (AvgIpc) is 2.39. The Balaban J connectivity index is 1.83. The van der Waals surface area contributed by atoms with E-state index in [0.29, 0.717) is 0 Å². The van der Waals surface area contributed by atoms with Crippen LogP contribution in [0.5, 0.6) is 0 Å². The van der Waals surface area contributed by atoms with Gasteiger partial charge in [0.15, 0.2) is 0 Å². The third-order valence-electron chi connectivity index (χ3n) is 4.25. The maximum absolute atomic E-state index is 5.91. The van der Waals surface area contributed by atoms with Gasteiger partial charge < -0.3 is 4.90 Å². The first-order valence-electron chi connectivity index (χ1n) is 6.73. The predicted molar refractivity (Wildman–Crippen MR) is 71.6 cm³/mol. The van der Waals surface area contributed by atoms with Gasteiger partial charge >= 0.3 is 0 Å². The van der Waals surface area contributed by atoms with E-state index < -0.39 is 0 Å². The first-order chi connectivity index (χ1) is 8.34. The minimum atomic E-state index is 0.728. The molecule has 0 aromatic carbocycles. The van der Waals surface area contributed by atoms with Crippen LogP contribution in [0.3, 0.4) is 0 Å². The van der Waals surface area contributed by atoms with Crippen LogP contribution >= 0.6 is 11.6 Å². The van der Waals surface area contributed by atoms with Gasteiger partial charge in [-0.1, -0.05) is 24.4 Å². The van der Waals surface area contributed by atoms with Crippen molar-refractivity contribution in [3.05, 3.63) is 23.4 Å². The van der Waals surface area contributed by atoms with Crippen molar-refractivity contribution in [2.24, 2.45) is 5.92 Å². The Labute approximate surface area is 108 Å². The van der Waals surface area contributed by atoms with E-state index in [2.05, 4.69) is 16.0 Å². The van der Waals surface area contributed by atoms with Crippen LogP contribution in [0, 0.1) is 5.92 Å². The van der Waals surface area contributed by atoms with Crippen molar-refractivity contribution in [2.75, 3.05) is 11.4 Å². The van der Waals surface area contributed by atoms with Crippen LogP contribution in [0.4, 0.5) is 5.82 Å². The molecule has 0 N–H and O–H groups in total. The van der Waals surface area contributed by atoms with Crippen molar-refractivity contribution in [3.8, 4) is 0 Å². The van der Waals surface area contributed by atoms with Crippen molar-refractivity contribution in [1.82, 2.24) is 4.98 Å². The van der Waals surface area contributed by atoms with E-state index in [9.17, 15) is 0 Å². The first kappa shape index (κ1) is 11.3. The number of anilines is 1. The van der Waals surface area contributed by atoms with Crippen LogP contribution in [-0.4, -0.2) is 17.6 Å². The van der Waals surface area contributed by atoms with Crippen molar-refractivity contribution in [1.29, 1.82) is 0 Å². The highest BCUT2D eigenvalue weighted by Gasteiger charge is 2.33. The molecule has 2 atom stereocenters. The summed E-state index contributed by atoms with van der Waals surface area (Å²) in [6, 6.07) is 4.75. The van der Waals surface area contributed by atoms with E-state index in [0.717, 1.165) is 29.3 Å². The highest BCUT2D eigenvalue weighted by atomic mass is 35.5. The summed E-state index contributed by atoms with van der Waals surface area (Å²) in [5.41, 5.74) is 0. The van der Waals surface area contributed by atoms with Gasteiger partial charge in [-0.3, -0.25) is 0 Å². The Hall–Kier alpha value is -0.760. The number of hydrogen-bond acceptors (Lipinski definition) is 2. The van der Waals surface area contributed by atoms with Crippen molar-refractivity contribution < 1.29 is 0 Å². The van der Waals surface area contributed by atoms with Crippen LogP contribution < -0.4 is 4.90 Å². The smallest absolute Gasteiger partial charge is 0.128 e. The number of hydrogen-bond donors (Lipinski definition) is 0. The van der Waals surface area contributed by atoms with Gasteiger partial charge in [0.2, 0.25) is 0 Å². The molecule has 3 heteroatoms. The highest BCUT2D eigenvalue weighted by Crippen LogP contribution is 2.37. The van der Waals surface area contributed by atoms with E-state index in [1.165, 1.54) is 38.5 Å². The second-order valence-corrected chi connectivity index (χ2v) is 5.72. The van der Waals surface area contributed by atoms with Crippen LogP contribution in [0.2, 0.25) is 5.02 Å². The van der Waals surface area contributed by atoms with Crippen LogP contribution in [-0.2, 0) is 0 Å². The topological polar surface area (TPSA) is 16.1 Å². The minimum Gasteiger partial charge on any atom is -0.353 e. The monoisotopic (exact) mass is 250 g/mol. The fourth-order valence-corrected chi connectivity index (χ4v) is 3.56. The van der Waals surface area contributed by atoms with Crippen molar-refractivity contribution in [2.45, 2.75) is 44.6 Å². The van der Waals surface area contributed by atoms with Crippen molar-refractivity contribution >= 4 is 17.4 Å². The molecule has 3 rings (SSSR count). The summed E-state index contributed by atoms with van der Waals surface area (Å²) in [6.45, 7) is 1.16. The summed E-state index contributed by atoms with van der Waals surface area (Å²) in [6.07, 6.45) is 10.0. The Kier molecular flexibility index (Phi) is 3.24. The van der Waals surface area contributed by atoms with Gasteiger partial charge in [0, 0.05) is 18.8 Å². The second kappa shape index (κ2) is 4.85. The van der Waals surface area contributed by atoms with Crippen LogP contribution in [0.1, 0.15) is 38.5 Å². The Morgan fingerprint density at radius 2 is 1.94 bits per heavy atom. The molecule has 17 heavy (non-hydrogen) atoms. The maximum Gasteiger partial charge on any atom is 0.128 e. The maximum atomic E-state index is 5.91. The zero-order chi connectivity index (χ0) is 11.7. The van der Waals surface area contributed by atoms with Gasteiger partial charge in [0.05, 0.1) is 5.02 Å². The van der Waals surface area contributed by atoms with Gasteiger partial charge in [-0.25, -0.2) is 4.98 Å². The molecule has 1 saturated carbocycles. The molecule has 2 heterocycles. The van der Waals surface area contributed by atoms with E-state index >= 15 is 0 Å². The molecule has 2 fully saturated rings. The third kappa shape index (κ3) is 2.28. The summed E-state index contributed by atoms with van der Waals surface area (Å²) in [7, 11) is 0. The molecule has 92 valence electrons. The number of aromatic nitrogens is 1. The molecule has 0 spiro atoms. The molecule has 0 radical (unpaired) electrons. The minimum absolute atomic E-state index is 0.728. The van der Waals surface area contributed by atoms with E-state index in [1.54, 1.807) is 6.20 Å². The average molecular weight is 251 g/mol. The fourth-order valence-electron chi connectivity index (χ4n) is 3.45. The number of piperidine rings is 1. The first-order valence-corrected chi connectivity index (χ1v) is 7.10. The fraction of sp³-hybridized carbons (Fsp3) is 0.643. The standard InChI is InChI=1S/C14H19ClN2/c15-12-7-8-14(16-10-12)17-9-3-5-11-4-1-2-6-13(11)17/h7-8,10-11,13H,1-6,9H2/t11-,13-/m1/s1. The SMILES string of the molecule is Clc1ccc(N2CCC[C@H]3CCCC[C@H]32)nc1. The highest BCUT2D eigenvalue weighted by molar-refractivity contribution is 6.30. The number of fused-ring (bicyclic) bond motifs is 1. The molecule has 1 aromatic rings. The zero-order valence-corrected chi connectivity index (χ0v) is 10.9. The molecule has 1 aliphatic heterocycles. The van der Waals surface area contributed by atoms with E-state index in [-0.39, 0.29) is 0 Å². The lowest BCUT2D eigenvalue weighted by Crippen LogP contribution is -2.47. The van der Waals surface area contributed by atoms with Gasteiger partial charge in [0.25, 0.3) is 0 Å². The van der Waals surface area contributed by atoms with E-state index in [4.69, 9.17) is 11.6 Å². The lowest BCUT2D eigenvalue weighted by Gasteiger charge is -2.44. The molecule has 1 saturated heterocycles. The lowest BCUT2D eigenvalue weighted by atomic mass is 9.78. The zero-order valence-electron chi connectivity index (χ0n) is 10.1. The Morgan fingerprint density at radius 1 is 1.12 bits per heavy atom. The van der Waals surface area contributed by atoms with Gasteiger partial charge in [-0.15, -0.1) is 0 Å². The summed E-state index contributed by atoms with van der Waals surface area (Å²) >= 11 is 5.91. The second-order valence-electron chi connectivity index (χ2n) is 5.28. The predicted octanol–water partition coefficient (Wildman–Crippen LogP) is 3.89. The molecule has 0 bridgehead atoms. The molecular weight excluding hydrogens is 232 g/mol. The summed E-state index contributed by atoms with van der Waals surface area (Å²) < 4.78 is 0. The Morgan fingerprint density at radius 3 is 2.76 bits per heavy atom. The van der Waals surface area contributed by atoms with Gasteiger partial charge in [0.1, 0.15) is 5.82 Å². The van der Waals surface area contributed by atoms with Crippen molar-refractivity contribution in [3.63, 3.8) is 0 Å². The Bertz CT molecular complexity index is 374. The molecule has 0 unspecified atom stereocenters. The summed E-state index contributed by atoms with van der Waals surface area (Å²) in [5.74, 6) is 2.01. The number of nitrogens with zero attached hydrogens (tertiary/aromatic N) is 2. The van der Waals surface area contributed by atoms with Gasteiger partial charge in [-0.05, 0) is 43.7 Å². The number of rotatable bonds is 1. The molecule has 1 aromatic heterocycles. The van der Waals surface area contributed by atoms with Crippen LogP contribution in [0.15, 0.2) is 18.3 Å². The molecule has 0 amide bonds. The summed E-state index contributed by atoms with van der Waals surface area (Å²) in [4.78, 5) is 7.00. The number of halogens is 1.